The summed E-state index contributed by atoms with van der Waals surface area (Å²) in [6.07, 6.45) is 3.30. The van der Waals surface area contributed by atoms with E-state index in [2.05, 4.69) is 15.1 Å². The number of para-hydroxylation sites is 2. The second-order valence-corrected chi connectivity index (χ2v) is 4.72. The van der Waals surface area contributed by atoms with E-state index >= 15 is 0 Å². The summed E-state index contributed by atoms with van der Waals surface area (Å²) in [7, 11) is 0. The molecular formula is C17H12N4O. The minimum Gasteiger partial charge on any atom is -0.437 e. The number of nitrogens with zero attached hydrogens (tertiary/aromatic N) is 4. The SMILES string of the molecule is c1ccc(Oc2cnc3c(cnn3-c3ccccc3)n2)cc1. The van der Waals surface area contributed by atoms with Crippen LogP contribution in [0.25, 0.3) is 16.9 Å². The minimum atomic E-state index is 0.450. The average molecular weight is 288 g/mol. The van der Waals surface area contributed by atoms with Crippen LogP contribution >= 0.6 is 0 Å². The largest absolute Gasteiger partial charge is 0.437 e. The lowest BCUT2D eigenvalue weighted by Crippen LogP contribution is -1.97. The van der Waals surface area contributed by atoms with Crippen molar-refractivity contribution in [1.29, 1.82) is 0 Å². The summed E-state index contributed by atoms with van der Waals surface area (Å²) in [6, 6.07) is 19.3. The Morgan fingerprint density at radius 2 is 1.55 bits per heavy atom. The van der Waals surface area contributed by atoms with Gasteiger partial charge < -0.3 is 4.74 Å². The van der Waals surface area contributed by atoms with E-state index in [9.17, 15) is 0 Å². The summed E-state index contributed by atoms with van der Waals surface area (Å²) in [5, 5.41) is 4.35. The molecule has 0 aliphatic rings. The number of hydrogen-bond acceptors (Lipinski definition) is 4. The van der Waals surface area contributed by atoms with Crippen LogP contribution in [0.5, 0.6) is 11.6 Å². The van der Waals surface area contributed by atoms with Crippen molar-refractivity contribution < 1.29 is 4.74 Å². The first-order chi connectivity index (χ1) is 10.9. The van der Waals surface area contributed by atoms with Crippen LogP contribution in [0.2, 0.25) is 0 Å². The molecule has 106 valence electrons. The van der Waals surface area contributed by atoms with Crippen molar-refractivity contribution in [2.24, 2.45) is 0 Å². The lowest BCUT2D eigenvalue weighted by atomic mass is 10.3. The molecule has 0 unspecified atom stereocenters. The van der Waals surface area contributed by atoms with E-state index in [1.54, 1.807) is 17.1 Å². The highest BCUT2D eigenvalue weighted by atomic mass is 16.5. The molecule has 2 aromatic carbocycles. The summed E-state index contributed by atoms with van der Waals surface area (Å²) in [4.78, 5) is 8.88. The molecule has 0 amide bonds. The molecular weight excluding hydrogens is 276 g/mol. The molecule has 5 nitrogen and oxygen atoms in total. The molecule has 5 heteroatoms. The fourth-order valence-electron chi connectivity index (χ4n) is 2.21. The predicted octanol–water partition coefficient (Wildman–Crippen LogP) is 3.61. The number of fused-ring (bicyclic) bond motifs is 1. The molecule has 0 N–H and O–H groups in total. The first kappa shape index (κ1) is 12.5. The highest BCUT2D eigenvalue weighted by Crippen LogP contribution is 2.21. The van der Waals surface area contributed by atoms with Gasteiger partial charge in [0.1, 0.15) is 11.3 Å². The van der Waals surface area contributed by atoms with E-state index in [4.69, 9.17) is 4.74 Å². The maximum absolute atomic E-state index is 5.69. The second-order valence-electron chi connectivity index (χ2n) is 4.72. The number of ether oxygens (including phenoxy) is 1. The Kier molecular flexibility index (Phi) is 3.01. The Balaban J connectivity index is 1.71. The van der Waals surface area contributed by atoms with Crippen LogP contribution in [0.1, 0.15) is 0 Å². The summed E-state index contributed by atoms with van der Waals surface area (Å²) in [5.74, 6) is 1.18. The van der Waals surface area contributed by atoms with Gasteiger partial charge in [0.05, 0.1) is 18.1 Å². The maximum Gasteiger partial charge on any atom is 0.238 e. The van der Waals surface area contributed by atoms with Gasteiger partial charge in [0.2, 0.25) is 5.88 Å². The molecule has 0 spiro atoms. The first-order valence-corrected chi connectivity index (χ1v) is 6.89. The quantitative estimate of drug-likeness (QED) is 0.578. The summed E-state index contributed by atoms with van der Waals surface area (Å²) in [5.41, 5.74) is 2.34. The zero-order valence-electron chi connectivity index (χ0n) is 11.6. The topological polar surface area (TPSA) is 52.8 Å². The summed E-state index contributed by atoms with van der Waals surface area (Å²) < 4.78 is 7.45. The van der Waals surface area contributed by atoms with Crippen molar-refractivity contribution in [2.45, 2.75) is 0 Å². The molecule has 22 heavy (non-hydrogen) atoms. The molecule has 0 aliphatic heterocycles. The molecule has 0 fully saturated rings. The minimum absolute atomic E-state index is 0.450. The van der Waals surface area contributed by atoms with Crippen LogP contribution < -0.4 is 4.74 Å². The third-order valence-electron chi connectivity index (χ3n) is 3.22. The Morgan fingerprint density at radius 1 is 0.818 bits per heavy atom. The van der Waals surface area contributed by atoms with E-state index in [0.29, 0.717) is 17.0 Å². The van der Waals surface area contributed by atoms with Crippen LogP contribution in [0.4, 0.5) is 0 Å². The fraction of sp³-hybridized carbons (Fsp3) is 0. The fourth-order valence-corrected chi connectivity index (χ4v) is 2.21. The molecule has 0 bridgehead atoms. The van der Waals surface area contributed by atoms with Crippen molar-refractivity contribution >= 4 is 11.2 Å². The third-order valence-corrected chi connectivity index (χ3v) is 3.22. The van der Waals surface area contributed by atoms with Crippen LogP contribution in [-0.4, -0.2) is 19.7 Å². The molecule has 0 saturated heterocycles. The zero-order valence-corrected chi connectivity index (χ0v) is 11.6. The van der Waals surface area contributed by atoms with Gasteiger partial charge in [0.25, 0.3) is 0 Å². The van der Waals surface area contributed by atoms with Crippen LogP contribution in [-0.2, 0) is 0 Å². The van der Waals surface area contributed by atoms with Crippen LogP contribution in [0.15, 0.2) is 73.1 Å². The average Bonchev–Trinajstić information content (AvgIpc) is 3.00. The van der Waals surface area contributed by atoms with Gasteiger partial charge in [-0.2, -0.15) is 5.10 Å². The number of benzene rings is 2. The highest BCUT2D eigenvalue weighted by molar-refractivity contribution is 5.72. The van der Waals surface area contributed by atoms with Gasteiger partial charge >= 0.3 is 0 Å². The van der Waals surface area contributed by atoms with E-state index in [0.717, 1.165) is 11.4 Å². The monoisotopic (exact) mass is 288 g/mol. The standard InChI is InChI=1S/C17H12N4O/c1-3-7-13(8-4-1)21-17-15(11-19-21)20-16(12-18-17)22-14-9-5-2-6-10-14/h1-12H. The zero-order chi connectivity index (χ0) is 14.8. The Labute approximate surface area is 126 Å². The maximum atomic E-state index is 5.69. The third kappa shape index (κ3) is 2.29. The molecule has 4 rings (SSSR count). The van der Waals surface area contributed by atoms with Gasteiger partial charge in [-0.25, -0.2) is 14.6 Å². The normalized spacial score (nSPS) is 10.7. The van der Waals surface area contributed by atoms with Gasteiger partial charge in [-0.3, -0.25) is 0 Å². The highest BCUT2D eigenvalue weighted by Gasteiger charge is 2.09. The van der Waals surface area contributed by atoms with E-state index in [-0.39, 0.29) is 0 Å². The Hall–Kier alpha value is -3.21. The summed E-state index contributed by atoms with van der Waals surface area (Å²) in [6.45, 7) is 0. The number of hydrogen-bond donors (Lipinski definition) is 0. The van der Waals surface area contributed by atoms with Crippen molar-refractivity contribution in [2.75, 3.05) is 0 Å². The number of rotatable bonds is 3. The van der Waals surface area contributed by atoms with Gasteiger partial charge in [-0.05, 0) is 24.3 Å². The Bertz CT molecular complexity index is 904. The van der Waals surface area contributed by atoms with Gasteiger partial charge in [-0.1, -0.05) is 36.4 Å². The molecule has 2 heterocycles. The van der Waals surface area contributed by atoms with Crippen molar-refractivity contribution in [1.82, 2.24) is 19.7 Å². The number of aromatic nitrogens is 4. The summed E-state index contributed by atoms with van der Waals surface area (Å²) >= 11 is 0. The van der Waals surface area contributed by atoms with E-state index in [1.165, 1.54) is 0 Å². The molecule has 0 saturated carbocycles. The molecule has 0 atom stereocenters. The first-order valence-electron chi connectivity index (χ1n) is 6.89. The Morgan fingerprint density at radius 3 is 2.32 bits per heavy atom. The van der Waals surface area contributed by atoms with Crippen molar-refractivity contribution in [3.63, 3.8) is 0 Å². The van der Waals surface area contributed by atoms with Gasteiger partial charge in [0.15, 0.2) is 5.65 Å². The van der Waals surface area contributed by atoms with E-state index < -0.39 is 0 Å². The molecule has 0 aliphatic carbocycles. The van der Waals surface area contributed by atoms with Crippen LogP contribution in [0, 0.1) is 0 Å². The predicted molar refractivity (Wildman–Crippen MR) is 83.2 cm³/mol. The lowest BCUT2D eigenvalue weighted by Gasteiger charge is -2.04. The van der Waals surface area contributed by atoms with Crippen LogP contribution in [0.3, 0.4) is 0 Å². The smallest absolute Gasteiger partial charge is 0.238 e. The molecule has 0 radical (unpaired) electrons. The van der Waals surface area contributed by atoms with Gasteiger partial charge in [0, 0.05) is 0 Å². The van der Waals surface area contributed by atoms with Crippen molar-refractivity contribution in [3.8, 4) is 17.3 Å². The molecule has 4 aromatic rings. The second kappa shape index (κ2) is 5.29. The lowest BCUT2D eigenvalue weighted by molar-refractivity contribution is 0.462. The van der Waals surface area contributed by atoms with Crippen molar-refractivity contribution in [3.05, 3.63) is 73.1 Å². The van der Waals surface area contributed by atoms with Gasteiger partial charge in [-0.15, -0.1) is 0 Å². The van der Waals surface area contributed by atoms with E-state index in [1.807, 2.05) is 60.7 Å². The molecule has 2 aromatic heterocycles.